The molecule has 0 aliphatic heterocycles. The highest BCUT2D eigenvalue weighted by Crippen LogP contribution is 2.11. The summed E-state index contributed by atoms with van der Waals surface area (Å²) < 4.78 is 4.88. The molecule has 17 heavy (non-hydrogen) atoms. The van der Waals surface area contributed by atoms with Crippen LogP contribution in [0.3, 0.4) is 0 Å². The topological polar surface area (TPSA) is 136 Å². The Kier molecular flexibility index (Phi) is 4.46. The summed E-state index contributed by atoms with van der Waals surface area (Å²) >= 11 is 0. The molecule has 94 valence electrons. The molecule has 1 aromatic heterocycles. The number of anilines is 1. The summed E-state index contributed by atoms with van der Waals surface area (Å²) in [6.07, 6.45) is 0. The Morgan fingerprint density at radius 2 is 2.24 bits per heavy atom. The third-order valence-corrected chi connectivity index (χ3v) is 1.98. The van der Waals surface area contributed by atoms with Gasteiger partial charge in [0, 0.05) is 12.2 Å². The number of carbonyl (C=O) groups is 2. The molecule has 0 unspecified atom stereocenters. The van der Waals surface area contributed by atoms with E-state index in [1.165, 1.54) is 0 Å². The van der Waals surface area contributed by atoms with Crippen molar-refractivity contribution in [2.24, 2.45) is 5.73 Å². The molecule has 0 saturated carbocycles. The number of ether oxygens (including phenoxy) is 1. The van der Waals surface area contributed by atoms with Crippen LogP contribution < -0.4 is 16.8 Å². The molecule has 1 rings (SSSR count). The number of carbonyl (C=O) groups excluding carboxylic acids is 2. The van der Waals surface area contributed by atoms with Gasteiger partial charge in [-0.15, -0.1) is 0 Å². The minimum absolute atomic E-state index is 0.151. The minimum Gasteiger partial charge on any atom is -0.382 e. The van der Waals surface area contributed by atoms with Gasteiger partial charge in [0.25, 0.3) is 5.91 Å². The molecule has 0 fully saturated rings. The zero-order valence-corrected chi connectivity index (χ0v) is 9.45. The Morgan fingerprint density at radius 1 is 1.53 bits per heavy atom. The highest BCUT2D eigenvalue weighted by molar-refractivity contribution is 5.99. The van der Waals surface area contributed by atoms with Gasteiger partial charge in [0.05, 0.1) is 6.61 Å². The second kappa shape index (κ2) is 5.85. The summed E-state index contributed by atoms with van der Waals surface area (Å²) in [6, 6.07) is 0. The van der Waals surface area contributed by atoms with Crippen molar-refractivity contribution in [3.8, 4) is 0 Å². The van der Waals surface area contributed by atoms with Crippen molar-refractivity contribution in [1.29, 1.82) is 0 Å². The number of primary amides is 1. The zero-order chi connectivity index (χ0) is 12.8. The molecule has 2 amide bonds. The Hall–Kier alpha value is -2.09. The van der Waals surface area contributed by atoms with Gasteiger partial charge in [0.1, 0.15) is 12.2 Å². The van der Waals surface area contributed by atoms with Crippen LogP contribution in [0.2, 0.25) is 0 Å². The maximum Gasteiger partial charge on any atom is 0.257 e. The average Bonchev–Trinajstić information content (AvgIpc) is 2.57. The van der Waals surface area contributed by atoms with E-state index in [1.54, 1.807) is 6.92 Å². The van der Waals surface area contributed by atoms with Crippen LogP contribution in [0.25, 0.3) is 0 Å². The first kappa shape index (κ1) is 13.0. The largest absolute Gasteiger partial charge is 0.382 e. The number of nitrogen functional groups attached to an aromatic ring is 1. The average molecular weight is 241 g/mol. The van der Waals surface area contributed by atoms with Gasteiger partial charge >= 0.3 is 0 Å². The third-order valence-electron chi connectivity index (χ3n) is 1.98. The lowest BCUT2D eigenvalue weighted by Gasteiger charge is -2.05. The molecule has 8 nitrogen and oxygen atoms in total. The standard InChI is InChI=1S/C9H15N5O3/c1-5-7(8(11)14-13-5)9(16)12-2-3-17-4-6(10)15/h2-4H2,1H3,(H2,10,15)(H,12,16)(H3,11,13,14). The van der Waals surface area contributed by atoms with E-state index in [-0.39, 0.29) is 31.5 Å². The van der Waals surface area contributed by atoms with Crippen LogP contribution in [0.15, 0.2) is 0 Å². The smallest absolute Gasteiger partial charge is 0.257 e. The van der Waals surface area contributed by atoms with Gasteiger partial charge < -0.3 is 21.5 Å². The molecule has 1 aromatic rings. The number of amides is 2. The highest BCUT2D eigenvalue weighted by Gasteiger charge is 2.15. The molecule has 1 heterocycles. The number of rotatable bonds is 6. The first-order valence-electron chi connectivity index (χ1n) is 4.97. The maximum absolute atomic E-state index is 11.6. The van der Waals surface area contributed by atoms with E-state index < -0.39 is 5.91 Å². The number of hydrogen-bond acceptors (Lipinski definition) is 5. The minimum atomic E-state index is -0.550. The SMILES string of the molecule is Cc1[nH]nc(N)c1C(=O)NCCOCC(N)=O. The molecule has 0 bridgehead atoms. The van der Waals surface area contributed by atoms with Crippen molar-refractivity contribution in [2.75, 3.05) is 25.5 Å². The predicted molar refractivity (Wildman–Crippen MR) is 60.1 cm³/mol. The number of aromatic nitrogens is 2. The Bertz CT molecular complexity index is 395. The van der Waals surface area contributed by atoms with E-state index in [9.17, 15) is 9.59 Å². The molecule has 0 aliphatic carbocycles. The molecule has 0 aromatic carbocycles. The first-order valence-corrected chi connectivity index (χ1v) is 4.97. The van der Waals surface area contributed by atoms with Crippen LogP contribution in [0, 0.1) is 6.92 Å². The van der Waals surface area contributed by atoms with Gasteiger partial charge in [-0.05, 0) is 6.92 Å². The quantitative estimate of drug-likeness (QED) is 0.451. The van der Waals surface area contributed by atoms with Crippen LogP contribution in [-0.2, 0) is 9.53 Å². The normalized spacial score (nSPS) is 10.2. The van der Waals surface area contributed by atoms with E-state index in [2.05, 4.69) is 15.5 Å². The number of aromatic amines is 1. The molecule has 0 aliphatic rings. The molecule has 0 saturated heterocycles. The van der Waals surface area contributed by atoms with Gasteiger partial charge in [-0.1, -0.05) is 0 Å². The summed E-state index contributed by atoms with van der Waals surface area (Å²) in [7, 11) is 0. The van der Waals surface area contributed by atoms with Crippen molar-refractivity contribution >= 4 is 17.6 Å². The van der Waals surface area contributed by atoms with Crippen LogP contribution in [0.1, 0.15) is 16.1 Å². The molecular weight excluding hydrogens is 226 g/mol. The van der Waals surface area contributed by atoms with E-state index in [0.717, 1.165) is 0 Å². The molecule has 8 heteroatoms. The van der Waals surface area contributed by atoms with Gasteiger partial charge in [0.2, 0.25) is 5.91 Å². The van der Waals surface area contributed by atoms with Gasteiger partial charge in [-0.25, -0.2) is 0 Å². The fourth-order valence-corrected chi connectivity index (χ4v) is 1.23. The van der Waals surface area contributed by atoms with E-state index in [0.29, 0.717) is 11.3 Å². The van der Waals surface area contributed by atoms with Crippen molar-refractivity contribution in [3.05, 3.63) is 11.3 Å². The van der Waals surface area contributed by atoms with Crippen molar-refractivity contribution in [1.82, 2.24) is 15.5 Å². The summed E-state index contributed by atoms with van der Waals surface area (Å²) in [4.78, 5) is 22.0. The zero-order valence-electron chi connectivity index (χ0n) is 9.45. The maximum atomic E-state index is 11.6. The molecular formula is C9H15N5O3. The van der Waals surface area contributed by atoms with E-state index in [1.807, 2.05) is 0 Å². The van der Waals surface area contributed by atoms with E-state index >= 15 is 0 Å². The molecule has 6 N–H and O–H groups in total. The van der Waals surface area contributed by atoms with Crippen LogP contribution in [0.5, 0.6) is 0 Å². The lowest BCUT2D eigenvalue weighted by atomic mass is 10.2. The van der Waals surface area contributed by atoms with Crippen molar-refractivity contribution in [3.63, 3.8) is 0 Å². The number of aryl methyl sites for hydroxylation is 1. The Labute approximate surface area is 97.7 Å². The van der Waals surface area contributed by atoms with Gasteiger partial charge in [0.15, 0.2) is 5.82 Å². The van der Waals surface area contributed by atoms with E-state index in [4.69, 9.17) is 16.2 Å². The molecule has 0 radical (unpaired) electrons. The highest BCUT2D eigenvalue weighted by atomic mass is 16.5. The fourth-order valence-electron chi connectivity index (χ4n) is 1.23. The number of hydrogen-bond donors (Lipinski definition) is 4. The van der Waals surface area contributed by atoms with Crippen LogP contribution in [-0.4, -0.2) is 41.8 Å². The van der Waals surface area contributed by atoms with Gasteiger partial charge in [-0.3, -0.25) is 14.7 Å². The number of H-pyrrole nitrogens is 1. The molecule has 0 spiro atoms. The van der Waals surface area contributed by atoms with Gasteiger partial charge in [-0.2, -0.15) is 5.10 Å². The first-order chi connectivity index (χ1) is 8.02. The summed E-state index contributed by atoms with van der Waals surface area (Å²) in [5.74, 6) is -0.735. The Morgan fingerprint density at radius 3 is 2.76 bits per heavy atom. The third kappa shape index (κ3) is 3.76. The van der Waals surface area contributed by atoms with Crippen LogP contribution in [0.4, 0.5) is 5.82 Å². The number of nitrogens with one attached hydrogen (secondary N) is 2. The second-order valence-corrected chi connectivity index (χ2v) is 3.38. The summed E-state index contributed by atoms with van der Waals surface area (Å²) in [5.41, 5.74) is 11.3. The van der Waals surface area contributed by atoms with Crippen molar-refractivity contribution in [2.45, 2.75) is 6.92 Å². The number of nitrogens with zero attached hydrogens (tertiary/aromatic N) is 1. The Balaban J connectivity index is 2.33. The lowest BCUT2D eigenvalue weighted by molar-refractivity contribution is -0.122. The summed E-state index contributed by atoms with van der Waals surface area (Å²) in [5, 5.41) is 8.89. The monoisotopic (exact) mass is 241 g/mol. The van der Waals surface area contributed by atoms with Crippen LogP contribution >= 0.6 is 0 Å². The predicted octanol–water partition coefficient (Wildman–Crippen LogP) is -1.47. The van der Waals surface area contributed by atoms with Crippen molar-refractivity contribution < 1.29 is 14.3 Å². The molecule has 0 atom stereocenters. The fraction of sp³-hybridized carbons (Fsp3) is 0.444. The second-order valence-electron chi connectivity index (χ2n) is 3.38. The number of nitrogens with two attached hydrogens (primary N) is 2. The lowest BCUT2D eigenvalue weighted by Crippen LogP contribution is -2.29. The summed E-state index contributed by atoms with van der Waals surface area (Å²) in [6.45, 7) is 1.99.